The van der Waals surface area contributed by atoms with E-state index in [2.05, 4.69) is 0 Å². The second-order valence-electron chi connectivity index (χ2n) is 5.02. The Morgan fingerprint density at radius 1 is 1.21 bits per heavy atom. The highest BCUT2D eigenvalue weighted by Gasteiger charge is 2.19. The van der Waals surface area contributed by atoms with Crippen LogP contribution < -0.4 is 0 Å². The third-order valence-corrected chi connectivity index (χ3v) is 4.42. The Balaban J connectivity index is 2.86. The van der Waals surface area contributed by atoms with Crippen molar-refractivity contribution >= 4 is 9.84 Å². The van der Waals surface area contributed by atoms with Gasteiger partial charge in [-0.05, 0) is 36.5 Å². The quantitative estimate of drug-likeness (QED) is 0.835. The molecule has 0 bridgehead atoms. The third-order valence-electron chi connectivity index (χ3n) is 3.31. The fourth-order valence-electron chi connectivity index (χ4n) is 1.98. The van der Waals surface area contributed by atoms with Crippen molar-refractivity contribution in [3.8, 4) is 0 Å². The summed E-state index contributed by atoms with van der Waals surface area (Å²) in [6.45, 7) is 3.72. The zero-order chi connectivity index (χ0) is 14.6. The van der Waals surface area contributed by atoms with Gasteiger partial charge in [0, 0.05) is 6.26 Å². The van der Waals surface area contributed by atoms with Gasteiger partial charge >= 0.3 is 0 Å². The van der Waals surface area contributed by atoms with Gasteiger partial charge < -0.3 is 10.2 Å². The van der Waals surface area contributed by atoms with Crippen LogP contribution >= 0.6 is 0 Å². The van der Waals surface area contributed by atoms with Gasteiger partial charge in [0.25, 0.3) is 0 Å². The summed E-state index contributed by atoms with van der Waals surface area (Å²) in [5.41, 5.74) is 0.852. The second-order valence-corrected chi connectivity index (χ2v) is 7.04. The molecule has 1 rings (SSSR count). The molecule has 0 amide bonds. The van der Waals surface area contributed by atoms with Crippen LogP contribution in [0, 0.1) is 0 Å². The Hall–Kier alpha value is -0.910. The molecule has 4 nitrogen and oxygen atoms in total. The first-order valence-corrected chi connectivity index (χ1v) is 8.31. The number of sulfone groups is 1. The number of aliphatic hydroxyl groups excluding tert-OH is 2. The van der Waals surface area contributed by atoms with Crippen molar-refractivity contribution in [1.29, 1.82) is 0 Å². The highest BCUT2D eigenvalue weighted by atomic mass is 32.2. The summed E-state index contributed by atoms with van der Waals surface area (Å²) < 4.78 is 23.0. The molecule has 0 heterocycles. The first-order valence-electron chi connectivity index (χ1n) is 6.41. The molecule has 108 valence electrons. The fraction of sp³-hybridized carbons (Fsp3) is 0.571. The lowest BCUT2D eigenvalue weighted by Gasteiger charge is -2.20. The van der Waals surface area contributed by atoms with E-state index in [1.54, 1.807) is 18.2 Å². The molecule has 5 heteroatoms. The van der Waals surface area contributed by atoms with Crippen LogP contribution in [-0.2, 0) is 9.84 Å². The van der Waals surface area contributed by atoms with Crippen molar-refractivity contribution in [3.05, 3.63) is 29.8 Å². The Morgan fingerprint density at radius 2 is 1.84 bits per heavy atom. The molecule has 0 spiro atoms. The highest BCUT2D eigenvalue weighted by molar-refractivity contribution is 7.90. The molecule has 0 radical (unpaired) electrons. The van der Waals surface area contributed by atoms with Gasteiger partial charge in [-0.15, -0.1) is 0 Å². The van der Waals surface area contributed by atoms with E-state index in [1.807, 2.05) is 19.9 Å². The standard InChI is InChI=1S/C14H22O4S/c1-4-13(15)14(16)8-10(2)11-6-5-7-12(9-11)19(3,17)18/h5-7,9-10,13-16H,4,8H2,1-3H3. The van der Waals surface area contributed by atoms with Crippen LogP contribution in [0.5, 0.6) is 0 Å². The Bertz CT molecular complexity index is 510. The van der Waals surface area contributed by atoms with Crippen molar-refractivity contribution in [2.75, 3.05) is 6.26 Å². The molecule has 0 aromatic heterocycles. The van der Waals surface area contributed by atoms with E-state index < -0.39 is 22.0 Å². The average molecular weight is 286 g/mol. The molecule has 0 fully saturated rings. The number of hydrogen-bond donors (Lipinski definition) is 2. The Kier molecular flexibility index (Phi) is 5.52. The number of rotatable bonds is 6. The van der Waals surface area contributed by atoms with Crippen LogP contribution in [0.15, 0.2) is 29.2 Å². The minimum Gasteiger partial charge on any atom is -0.390 e. The Morgan fingerprint density at radius 3 is 2.37 bits per heavy atom. The summed E-state index contributed by atoms with van der Waals surface area (Å²) in [4.78, 5) is 0.280. The molecule has 0 aliphatic rings. The maximum Gasteiger partial charge on any atom is 0.175 e. The van der Waals surface area contributed by atoms with Crippen molar-refractivity contribution in [2.45, 2.75) is 49.7 Å². The summed E-state index contributed by atoms with van der Waals surface area (Å²) in [5.74, 6) is -0.0158. The number of aliphatic hydroxyl groups is 2. The van der Waals surface area contributed by atoms with Crippen LogP contribution in [0.3, 0.4) is 0 Å². The van der Waals surface area contributed by atoms with Gasteiger partial charge in [0.2, 0.25) is 0 Å². The predicted octanol–water partition coefficient (Wildman–Crippen LogP) is 1.72. The normalized spacial score (nSPS) is 16.9. The lowest BCUT2D eigenvalue weighted by atomic mass is 9.92. The van der Waals surface area contributed by atoms with Crippen molar-refractivity contribution in [2.24, 2.45) is 0 Å². The number of benzene rings is 1. The molecule has 3 unspecified atom stereocenters. The van der Waals surface area contributed by atoms with Gasteiger partial charge in [-0.1, -0.05) is 26.0 Å². The van der Waals surface area contributed by atoms with Crippen LogP contribution in [0.4, 0.5) is 0 Å². The summed E-state index contributed by atoms with van der Waals surface area (Å²) >= 11 is 0. The minimum atomic E-state index is -3.22. The van der Waals surface area contributed by atoms with Crippen LogP contribution in [0.1, 0.15) is 38.2 Å². The lowest BCUT2D eigenvalue weighted by Crippen LogP contribution is -2.26. The smallest absolute Gasteiger partial charge is 0.175 e. The van der Waals surface area contributed by atoms with E-state index in [9.17, 15) is 18.6 Å². The van der Waals surface area contributed by atoms with Crippen molar-refractivity contribution in [3.63, 3.8) is 0 Å². The molecular weight excluding hydrogens is 264 g/mol. The van der Waals surface area contributed by atoms with Crippen molar-refractivity contribution < 1.29 is 18.6 Å². The maximum atomic E-state index is 11.5. The van der Waals surface area contributed by atoms with Gasteiger partial charge in [0.05, 0.1) is 17.1 Å². The van der Waals surface area contributed by atoms with Crippen LogP contribution in [-0.4, -0.2) is 37.1 Å². The zero-order valence-corrected chi connectivity index (χ0v) is 12.4. The topological polar surface area (TPSA) is 74.6 Å². The minimum absolute atomic E-state index is 0.0158. The molecule has 0 aliphatic carbocycles. The Labute approximate surface area is 115 Å². The average Bonchev–Trinajstić information content (AvgIpc) is 2.36. The van der Waals surface area contributed by atoms with E-state index in [4.69, 9.17) is 0 Å². The first-order chi connectivity index (χ1) is 8.75. The second kappa shape index (κ2) is 6.50. The first kappa shape index (κ1) is 16.1. The van der Waals surface area contributed by atoms with Crippen LogP contribution in [0.25, 0.3) is 0 Å². The molecule has 0 aliphatic heterocycles. The largest absolute Gasteiger partial charge is 0.390 e. The van der Waals surface area contributed by atoms with E-state index in [1.165, 1.54) is 6.26 Å². The van der Waals surface area contributed by atoms with Gasteiger partial charge in [0.1, 0.15) is 0 Å². The summed E-state index contributed by atoms with van der Waals surface area (Å²) in [5, 5.41) is 19.4. The SMILES string of the molecule is CCC(O)C(O)CC(C)c1cccc(S(C)(=O)=O)c1. The number of hydrogen-bond acceptors (Lipinski definition) is 4. The van der Waals surface area contributed by atoms with Crippen molar-refractivity contribution in [1.82, 2.24) is 0 Å². The highest BCUT2D eigenvalue weighted by Crippen LogP contribution is 2.24. The van der Waals surface area contributed by atoms with Gasteiger partial charge in [-0.2, -0.15) is 0 Å². The van der Waals surface area contributed by atoms with Gasteiger partial charge in [-0.3, -0.25) is 0 Å². The lowest BCUT2D eigenvalue weighted by molar-refractivity contribution is 0.00953. The molecule has 1 aromatic rings. The van der Waals surface area contributed by atoms with Gasteiger partial charge in [-0.25, -0.2) is 8.42 Å². The van der Waals surface area contributed by atoms with Crippen LogP contribution in [0.2, 0.25) is 0 Å². The molecule has 1 aromatic carbocycles. The fourth-order valence-corrected chi connectivity index (χ4v) is 2.66. The monoisotopic (exact) mass is 286 g/mol. The van der Waals surface area contributed by atoms with E-state index in [0.29, 0.717) is 12.8 Å². The van der Waals surface area contributed by atoms with Gasteiger partial charge in [0.15, 0.2) is 9.84 Å². The summed E-state index contributed by atoms with van der Waals surface area (Å²) in [6, 6.07) is 6.73. The van der Waals surface area contributed by atoms with E-state index >= 15 is 0 Å². The molecule has 0 saturated heterocycles. The molecule has 2 N–H and O–H groups in total. The maximum absolute atomic E-state index is 11.5. The summed E-state index contributed by atoms with van der Waals surface area (Å²) in [6.07, 6.45) is 0.550. The van der Waals surface area contributed by atoms with E-state index in [-0.39, 0.29) is 10.8 Å². The molecule has 19 heavy (non-hydrogen) atoms. The molecular formula is C14H22O4S. The molecule has 0 saturated carbocycles. The zero-order valence-electron chi connectivity index (χ0n) is 11.6. The summed E-state index contributed by atoms with van der Waals surface area (Å²) in [7, 11) is -3.22. The molecule has 3 atom stereocenters. The van der Waals surface area contributed by atoms with E-state index in [0.717, 1.165) is 5.56 Å². The predicted molar refractivity (Wildman–Crippen MR) is 74.9 cm³/mol. The third kappa shape index (κ3) is 4.60.